The molecule has 0 aromatic heterocycles. The minimum absolute atomic E-state index is 0.126. The highest BCUT2D eigenvalue weighted by Crippen LogP contribution is 2.47. The van der Waals surface area contributed by atoms with Crippen molar-refractivity contribution in [2.24, 2.45) is 0 Å². The number of nitriles is 1. The van der Waals surface area contributed by atoms with E-state index < -0.39 is 11.4 Å². The first-order valence-electron chi connectivity index (χ1n) is 9.38. The summed E-state index contributed by atoms with van der Waals surface area (Å²) >= 11 is 0. The number of nitrogens with zero attached hydrogens (tertiary/aromatic N) is 1. The standard InChI is InChI=1S/C22H18N2O6/c23-12-14-10-16(30-28)4-6-19(14)29-15-2-1-8-22(9-7-15)17-11-13(20(25)26)3-5-18(17)24-21(22)27/h2-6,10-11,28H,1,7-9H2,(H,24,27)(H,25,26)/t22-/m1/s1. The van der Waals surface area contributed by atoms with Crippen LogP contribution in [0.3, 0.4) is 0 Å². The van der Waals surface area contributed by atoms with Crippen molar-refractivity contribution in [3.63, 3.8) is 0 Å². The van der Waals surface area contributed by atoms with E-state index in [1.807, 2.05) is 12.1 Å². The number of carboxylic acid groups (broad SMARTS) is 1. The van der Waals surface area contributed by atoms with Crippen molar-refractivity contribution in [1.29, 1.82) is 5.26 Å². The van der Waals surface area contributed by atoms with Crippen LogP contribution < -0.4 is 14.9 Å². The molecule has 0 saturated carbocycles. The summed E-state index contributed by atoms with van der Waals surface area (Å²) in [4.78, 5) is 28.4. The van der Waals surface area contributed by atoms with Crippen LogP contribution in [0.15, 0.2) is 48.2 Å². The number of ether oxygens (including phenoxy) is 1. The molecule has 3 N–H and O–H groups in total. The number of benzene rings is 2. The summed E-state index contributed by atoms with van der Waals surface area (Å²) in [5.41, 5.74) is 0.860. The predicted molar refractivity (Wildman–Crippen MR) is 105 cm³/mol. The molecular weight excluding hydrogens is 388 g/mol. The zero-order valence-corrected chi connectivity index (χ0v) is 15.8. The van der Waals surface area contributed by atoms with Gasteiger partial charge in [0.1, 0.15) is 17.6 Å². The second kappa shape index (κ2) is 7.54. The van der Waals surface area contributed by atoms with E-state index in [-0.39, 0.29) is 22.8 Å². The van der Waals surface area contributed by atoms with Crippen molar-refractivity contribution < 1.29 is 29.6 Å². The van der Waals surface area contributed by atoms with Crippen molar-refractivity contribution in [3.8, 4) is 17.6 Å². The molecule has 0 bridgehead atoms. The van der Waals surface area contributed by atoms with Crippen LogP contribution in [0.2, 0.25) is 0 Å². The van der Waals surface area contributed by atoms with E-state index in [0.717, 1.165) is 0 Å². The molecule has 4 rings (SSSR count). The number of fused-ring (bicyclic) bond motifs is 2. The average molecular weight is 406 g/mol. The highest BCUT2D eigenvalue weighted by atomic mass is 17.1. The lowest BCUT2D eigenvalue weighted by Crippen LogP contribution is -2.34. The van der Waals surface area contributed by atoms with Crippen molar-refractivity contribution in [2.45, 2.75) is 31.1 Å². The minimum Gasteiger partial charge on any atom is -0.478 e. The molecule has 1 heterocycles. The van der Waals surface area contributed by atoms with Gasteiger partial charge in [-0.15, -0.1) is 0 Å². The highest BCUT2D eigenvalue weighted by molar-refractivity contribution is 6.07. The maximum absolute atomic E-state index is 12.9. The summed E-state index contributed by atoms with van der Waals surface area (Å²) in [7, 11) is 0. The SMILES string of the molecule is N#Cc1cc(OO)ccc1OC1=CCC[C@]2(CC1)C(=O)Nc1ccc(C(=O)O)cc12. The van der Waals surface area contributed by atoms with E-state index in [9.17, 15) is 20.0 Å². The minimum atomic E-state index is -1.04. The van der Waals surface area contributed by atoms with Crippen molar-refractivity contribution in [2.75, 3.05) is 5.32 Å². The molecule has 1 aliphatic carbocycles. The molecule has 1 spiro atoms. The van der Waals surface area contributed by atoms with Crippen LogP contribution in [0.1, 0.15) is 47.2 Å². The van der Waals surface area contributed by atoms with Crippen LogP contribution in [0.5, 0.6) is 11.5 Å². The Balaban J connectivity index is 1.59. The molecule has 1 atom stereocenters. The fraction of sp³-hybridized carbons (Fsp3) is 0.227. The maximum Gasteiger partial charge on any atom is 0.335 e. The smallest absolute Gasteiger partial charge is 0.335 e. The Bertz CT molecular complexity index is 1120. The van der Waals surface area contributed by atoms with E-state index in [4.69, 9.17) is 9.99 Å². The van der Waals surface area contributed by atoms with Gasteiger partial charge in [0.05, 0.1) is 16.5 Å². The van der Waals surface area contributed by atoms with Crippen molar-refractivity contribution >= 4 is 17.6 Å². The molecule has 0 unspecified atom stereocenters. The van der Waals surface area contributed by atoms with E-state index in [2.05, 4.69) is 10.2 Å². The number of rotatable bonds is 4. The van der Waals surface area contributed by atoms with Crippen molar-refractivity contribution in [3.05, 3.63) is 64.9 Å². The Labute approximate surface area is 171 Å². The average Bonchev–Trinajstić information content (AvgIpc) is 2.88. The van der Waals surface area contributed by atoms with Gasteiger partial charge < -0.3 is 20.0 Å². The number of nitrogens with one attached hydrogen (secondary N) is 1. The van der Waals surface area contributed by atoms with Gasteiger partial charge in [0.2, 0.25) is 5.91 Å². The maximum atomic E-state index is 12.9. The van der Waals surface area contributed by atoms with E-state index in [0.29, 0.717) is 48.4 Å². The number of carbonyl (C=O) groups is 2. The summed E-state index contributed by atoms with van der Waals surface area (Å²) in [5, 5.41) is 30.3. The lowest BCUT2D eigenvalue weighted by atomic mass is 9.74. The molecule has 2 aliphatic rings. The summed E-state index contributed by atoms with van der Waals surface area (Å²) in [6.07, 6.45) is 3.84. The first-order valence-corrected chi connectivity index (χ1v) is 9.38. The van der Waals surface area contributed by atoms with E-state index in [1.165, 1.54) is 24.3 Å². The largest absolute Gasteiger partial charge is 0.478 e. The molecule has 2 aromatic carbocycles. The molecule has 0 radical (unpaired) electrons. The molecule has 1 aliphatic heterocycles. The summed E-state index contributed by atoms with van der Waals surface area (Å²) in [5.74, 6) is -0.109. The van der Waals surface area contributed by atoms with Gasteiger partial charge in [-0.2, -0.15) is 5.26 Å². The third-order valence-electron chi connectivity index (χ3n) is 5.62. The van der Waals surface area contributed by atoms with Gasteiger partial charge in [-0.25, -0.2) is 10.1 Å². The van der Waals surface area contributed by atoms with Gasteiger partial charge in [-0.1, -0.05) is 0 Å². The number of amides is 1. The first-order chi connectivity index (χ1) is 14.5. The third-order valence-corrected chi connectivity index (χ3v) is 5.62. The Morgan fingerprint density at radius 1 is 1.20 bits per heavy atom. The Kier molecular flexibility index (Phi) is 4.90. The van der Waals surface area contributed by atoms with Gasteiger partial charge in [-0.05, 0) is 61.2 Å². The monoisotopic (exact) mass is 406 g/mol. The second-order valence-electron chi connectivity index (χ2n) is 7.27. The molecule has 152 valence electrons. The highest BCUT2D eigenvalue weighted by Gasteiger charge is 2.47. The van der Waals surface area contributed by atoms with Crippen LogP contribution in [0.4, 0.5) is 5.69 Å². The molecule has 0 fully saturated rings. The number of allylic oxidation sites excluding steroid dienone is 2. The lowest BCUT2D eigenvalue weighted by molar-refractivity contribution is -0.137. The zero-order valence-electron chi connectivity index (χ0n) is 15.8. The fourth-order valence-electron chi connectivity index (χ4n) is 4.06. The molecule has 30 heavy (non-hydrogen) atoms. The van der Waals surface area contributed by atoms with Crippen LogP contribution in [0, 0.1) is 11.3 Å². The van der Waals surface area contributed by atoms with Gasteiger partial charge in [0.25, 0.3) is 0 Å². The summed E-state index contributed by atoms with van der Waals surface area (Å²) in [6.45, 7) is 0. The quantitative estimate of drug-likeness (QED) is 0.520. The van der Waals surface area contributed by atoms with Gasteiger partial charge >= 0.3 is 5.97 Å². The third kappa shape index (κ3) is 3.25. The molecule has 8 heteroatoms. The van der Waals surface area contributed by atoms with Gasteiger partial charge in [-0.3, -0.25) is 4.79 Å². The van der Waals surface area contributed by atoms with Crippen LogP contribution >= 0.6 is 0 Å². The number of hydrogen-bond donors (Lipinski definition) is 3. The Hall–Kier alpha value is -3.83. The number of aromatic carboxylic acids is 1. The van der Waals surface area contributed by atoms with E-state index >= 15 is 0 Å². The van der Waals surface area contributed by atoms with Gasteiger partial charge in [0, 0.05) is 18.2 Å². The van der Waals surface area contributed by atoms with Crippen LogP contribution in [-0.2, 0) is 10.2 Å². The zero-order chi connectivity index (χ0) is 21.3. The summed E-state index contributed by atoms with van der Waals surface area (Å²) < 4.78 is 5.92. The topological polar surface area (TPSA) is 129 Å². The number of carboxylic acids is 1. The molecule has 0 saturated heterocycles. The van der Waals surface area contributed by atoms with Crippen LogP contribution in [0.25, 0.3) is 0 Å². The summed E-state index contributed by atoms with van der Waals surface area (Å²) in [6, 6.07) is 11.0. The first kappa shape index (κ1) is 19.5. The fourth-order valence-corrected chi connectivity index (χ4v) is 4.06. The lowest BCUT2D eigenvalue weighted by Gasteiger charge is -2.26. The van der Waals surface area contributed by atoms with Crippen LogP contribution in [-0.4, -0.2) is 22.2 Å². The number of hydrogen-bond acceptors (Lipinski definition) is 6. The Morgan fingerprint density at radius 2 is 2.03 bits per heavy atom. The molecule has 2 aromatic rings. The van der Waals surface area contributed by atoms with E-state index in [1.54, 1.807) is 12.1 Å². The number of carbonyl (C=O) groups excluding carboxylic acids is 1. The van der Waals surface area contributed by atoms with Gasteiger partial charge in [0.15, 0.2) is 5.75 Å². The normalized spacial score (nSPS) is 19.9. The molecule has 1 amide bonds. The molecule has 8 nitrogen and oxygen atoms in total. The number of anilines is 1. The van der Waals surface area contributed by atoms with Crippen molar-refractivity contribution in [1.82, 2.24) is 0 Å². The Morgan fingerprint density at radius 3 is 2.77 bits per heavy atom. The molecular formula is C22H18N2O6. The predicted octanol–water partition coefficient (Wildman–Crippen LogP) is 3.84. The second-order valence-corrected chi connectivity index (χ2v) is 7.27.